The second kappa shape index (κ2) is 4.91. The fourth-order valence-electron chi connectivity index (χ4n) is 2.87. The van der Waals surface area contributed by atoms with Crippen LogP contribution < -0.4 is 10.6 Å². The number of nitrogens with two attached hydrogens (primary N) is 1. The van der Waals surface area contributed by atoms with Gasteiger partial charge in [-0.2, -0.15) is 0 Å². The Hall–Kier alpha value is -2.04. The SMILES string of the molecule is CN(C(N)=O)c1ccccc1C1(C(=O)O)CCCC1. The molecule has 3 N–H and O–H groups in total. The topological polar surface area (TPSA) is 83.6 Å². The summed E-state index contributed by atoms with van der Waals surface area (Å²) < 4.78 is 0. The van der Waals surface area contributed by atoms with Gasteiger partial charge in [-0.1, -0.05) is 31.0 Å². The number of aliphatic carboxylic acids is 1. The van der Waals surface area contributed by atoms with Gasteiger partial charge in [-0.3, -0.25) is 9.69 Å². The molecular formula is C14H18N2O3. The summed E-state index contributed by atoms with van der Waals surface area (Å²) in [6, 6.07) is 6.52. The molecule has 1 aliphatic carbocycles. The van der Waals surface area contributed by atoms with Gasteiger partial charge in [-0.25, -0.2) is 4.79 Å². The Morgan fingerprint density at radius 1 is 1.26 bits per heavy atom. The van der Waals surface area contributed by atoms with E-state index in [1.165, 1.54) is 4.90 Å². The predicted octanol–water partition coefficient (Wildman–Crippen LogP) is 2.10. The summed E-state index contributed by atoms with van der Waals surface area (Å²) in [5, 5.41) is 9.63. The second-order valence-electron chi connectivity index (χ2n) is 5.01. The number of carboxylic acids is 1. The first-order chi connectivity index (χ1) is 8.99. The van der Waals surface area contributed by atoms with Gasteiger partial charge in [0.2, 0.25) is 0 Å². The smallest absolute Gasteiger partial charge is 0.319 e. The molecule has 0 radical (unpaired) electrons. The highest BCUT2D eigenvalue weighted by atomic mass is 16.4. The molecule has 0 spiro atoms. The summed E-state index contributed by atoms with van der Waals surface area (Å²) in [7, 11) is 1.56. The summed E-state index contributed by atoms with van der Waals surface area (Å²) in [5.41, 5.74) is 5.67. The van der Waals surface area contributed by atoms with Crippen molar-refractivity contribution in [3.05, 3.63) is 29.8 Å². The maximum atomic E-state index is 11.7. The van der Waals surface area contributed by atoms with Gasteiger partial charge in [0.1, 0.15) is 0 Å². The molecule has 0 atom stereocenters. The normalized spacial score (nSPS) is 17.1. The number of hydrogen-bond acceptors (Lipinski definition) is 2. The third-order valence-corrected chi connectivity index (χ3v) is 3.98. The molecule has 1 fully saturated rings. The largest absolute Gasteiger partial charge is 0.481 e. The average molecular weight is 262 g/mol. The van der Waals surface area contributed by atoms with E-state index in [1.54, 1.807) is 31.3 Å². The van der Waals surface area contributed by atoms with Crippen molar-refractivity contribution < 1.29 is 14.7 Å². The maximum Gasteiger partial charge on any atom is 0.319 e. The highest BCUT2D eigenvalue weighted by Crippen LogP contribution is 2.44. The number of carboxylic acid groups (broad SMARTS) is 1. The van der Waals surface area contributed by atoms with Crippen molar-refractivity contribution in [2.75, 3.05) is 11.9 Å². The lowest BCUT2D eigenvalue weighted by molar-refractivity contribution is -0.143. The molecular weight excluding hydrogens is 244 g/mol. The minimum atomic E-state index is -0.889. The van der Waals surface area contributed by atoms with Gasteiger partial charge in [0.25, 0.3) is 0 Å². The third kappa shape index (κ3) is 2.16. The number of amides is 2. The third-order valence-electron chi connectivity index (χ3n) is 3.98. The fourth-order valence-corrected chi connectivity index (χ4v) is 2.87. The van der Waals surface area contributed by atoms with Crippen molar-refractivity contribution in [1.29, 1.82) is 0 Å². The van der Waals surface area contributed by atoms with Crippen LogP contribution in [0.2, 0.25) is 0 Å². The van der Waals surface area contributed by atoms with Crippen molar-refractivity contribution in [3.63, 3.8) is 0 Å². The summed E-state index contributed by atoms with van der Waals surface area (Å²) in [6.07, 6.45) is 2.99. The first kappa shape index (κ1) is 13.4. The Bertz CT molecular complexity index is 507. The molecule has 0 bridgehead atoms. The number of para-hydroxylation sites is 1. The summed E-state index contributed by atoms with van der Waals surface area (Å²) in [6.45, 7) is 0. The summed E-state index contributed by atoms with van der Waals surface area (Å²) in [5.74, 6) is -0.824. The Morgan fingerprint density at radius 3 is 2.37 bits per heavy atom. The number of carbonyl (C=O) groups excluding carboxylic acids is 1. The zero-order chi connectivity index (χ0) is 14.0. The Balaban J connectivity index is 2.55. The van der Waals surface area contributed by atoms with Crippen molar-refractivity contribution in [2.45, 2.75) is 31.1 Å². The van der Waals surface area contributed by atoms with Gasteiger partial charge in [-0.15, -0.1) is 0 Å². The number of benzene rings is 1. The predicted molar refractivity (Wildman–Crippen MR) is 72.2 cm³/mol. The van der Waals surface area contributed by atoms with E-state index in [-0.39, 0.29) is 0 Å². The number of carbonyl (C=O) groups is 2. The number of urea groups is 1. The lowest BCUT2D eigenvalue weighted by atomic mass is 9.78. The summed E-state index contributed by atoms with van der Waals surface area (Å²) in [4.78, 5) is 24.4. The van der Waals surface area contributed by atoms with Crippen LogP contribution in [-0.2, 0) is 10.2 Å². The van der Waals surface area contributed by atoms with E-state index in [9.17, 15) is 14.7 Å². The van der Waals surface area contributed by atoms with Crippen LogP contribution in [-0.4, -0.2) is 24.2 Å². The minimum absolute atomic E-state index is 0.583. The molecule has 0 unspecified atom stereocenters. The average Bonchev–Trinajstić information content (AvgIpc) is 2.88. The van der Waals surface area contributed by atoms with Gasteiger partial charge in [0.05, 0.1) is 5.41 Å². The number of nitrogens with zero attached hydrogens (tertiary/aromatic N) is 1. The molecule has 19 heavy (non-hydrogen) atoms. The Kier molecular flexibility index (Phi) is 3.46. The molecule has 2 amide bonds. The first-order valence-corrected chi connectivity index (χ1v) is 6.35. The molecule has 1 saturated carbocycles. The quantitative estimate of drug-likeness (QED) is 0.874. The number of anilines is 1. The molecule has 5 heteroatoms. The van der Waals surface area contributed by atoms with Crippen LogP contribution in [0.5, 0.6) is 0 Å². The zero-order valence-corrected chi connectivity index (χ0v) is 10.9. The highest BCUT2D eigenvalue weighted by molar-refractivity contribution is 5.93. The van der Waals surface area contributed by atoms with Crippen molar-refractivity contribution in [2.24, 2.45) is 5.73 Å². The van der Waals surface area contributed by atoms with Gasteiger partial charge >= 0.3 is 12.0 Å². The number of primary amides is 1. The molecule has 0 heterocycles. The van der Waals surface area contributed by atoms with Crippen molar-refractivity contribution in [3.8, 4) is 0 Å². The van der Waals surface area contributed by atoms with E-state index >= 15 is 0 Å². The van der Waals surface area contributed by atoms with Crippen LogP contribution >= 0.6 is 0 Å². The minimum Gasteiger partial charge on any atom is -0.481 e. The molecule has 2 rings (SSSR count). The highest BCUT2D eigenvalue weighted by Gasteiger charge is 2.44. The monoisotopic (exact) mass is 262 g/mol. The van der Waals surface area contributed by atoms with Crippen LogP contribution in [0.1, 0.15) is 31.2 Å². The van der Waals surface area contributed by atoms with Crippen LogP contribution in [0.4, 0.5) is 10.5 Å². The van der Waals surface area contributed by atoms with Gasteiger partial charge in [0.15, 0.2) is 0 Å². The number of rotatable bonds is 3. The molecule has 102 valence electrons. The van der Waals surface area contributed by atoms with E-state index in [1.807, 2.05) is 0 Å². The van der Waals surface area contributed by atoms with Crippen molar-refractivity contribution >= 4 is 17.7 Å². The molecule has 1 aliphatic rings. The van der Waals surface area contributed by atoms with Gasteiger partial charge in [-0.05, 0) is 24.5 Å². The molecule has 0 aromatic heterocycles. The van der Waals surface area contributed by atoms with Gasteiger partial charge in [0, 0.05) is 12.7 Å². The van der Waals surface area contributed by atoms with Crippen LogP contribution in [0.3, 0.4) is 0 Å². The molecule has 1 aromatic carbocycles. The maximum absolute atomic E-state index is 11.7. The van der Waals surface area contributed by atoms with E-state index < -0.39 is 17.4 Å². The number of hydrogen-bond donors (Lipinski definition) is 2. The van der Waals surface area contributed by atoms with E-state index in [0.717, 1.165) is 12.8 Å². The van der Waals surface area contributed by atoms with E-state index in [0.29, 0.717) is 24.1 Å². The van der Waals surface area contributed by atoms with Crippen LogP contribution in [0, 0.1) is 0 Å². The molecule has 0 saturated heterocycles. The van der Waals surface area contributed by atoms with Crippen LogP contribution in [0.15, 0.2) is 24.3 Å². The fraction of sp³-hybridized carbons (Fsp3) is 0.429. The molecule has 1 aromatic rings. The van der Waals surface area contributed by atoms with Gasteiger partial charge < -0.3 is 10.8 Å². The summed E-state index contributed by atoms with van der Waals surface area (Å²) >= 11 is 0. The standard InChI is InChI=1S/C14H18N2O3/c1-16(13(15)19)11-7-3-2-6-10(11)14(12(17)18)8-4-5-9-14/h2-3,6-7H,4-5,8-9H2,1H3,(H2,15,19)(H,17,18). The van der Waals surface area contributed by atoms with Crippen LogP contribution in [0.25, 0.3) is 0 Å². The second-order valence-corrected chi connectivity index (χ2v) is 5.01. The van der Waals surface area contributed by atoms with Crippen molar-refractivity contribution in [1.82, 2.24) is 0 Å². The molecule has 5 nitrogen and oxygen atoms in total. The first-order valence-electron chi connectivity index (χ1n) is 6.35. The zero-order valence-electron chi connectivity index (χ0n) is 10.9. The Labute approximate surface area is 112 Å². The lowest BCUT2D eigenvalue weighted by Crippen LogP contribution is -2.38. The lowest BCUT2D eigenvalue weighted by Gasteiger charge is -2.29. The van der Waals surface area contributed by atoms with E-state index in [2.05, 4.69) is 0 Å². The van der Waals surface area contributed by atoms with E-state index in [4.69, 9.17) is 5.73 Å². The Morgan fingerprint density at radius 2 is 1.84 bits per heavy atom. The molecule has 0 aliphatic heterocycles.